The van der Waals surface area contributed by atoms with Crippen molar-refractivity contribution in [2.75, 3.05) is 20.2 Å². The highest BCUT2D eigenvalue weighted by molar-refractivity contribution is 5.31. The lowest BCUT2D eigenvalue weighted by molar-refractivity contribution is -0.0190. The highest BCUT2D eigenvalue weighted by Crippen LogP contribution is 2.28. The van der Waals surface area contributed by atoms with E-state index in [0.29, 0.717) is 12.0 Å². The molecule has 3 nitrogen and oxygen atoms in total. The van der Waals surface area contributed by atoms with Crippen molar-refractivity contribution in [2.24, 2.45) is 0 Å². The normalized spacial score (nSPS) is 18.5. The van der Waals surface area contributed by atoms with Gasteiger partial charge in [-0.05, 0) is 51.4 Å². The van der Waals surface area contributed by atoms with Gasteiger partial charge in [-0.25, -0.2) is 4.39 Å². The van der Waals surface area contributed by atoms with Crippen molar-refractivity contribution in [1.82, 2.24) is 4.90 Å². The van der Waals surface area contributed by atoms with Gasteiger partial charge in [-0.3, -0.25) is 4.90 Å². The molecular weight excluding hydrogens is 269 g/mol. The Morgan fingerprint density at radius 3 is 2.57 bits per heavy atom. The number of halogens is 1. The maximum absolute atomic E-state index is 14.2. The van der Waals surface area contributed by atoms with Crippen LogP contribution < -0.4 is 4.74 Å². The van der Waals surface area contributed by atoms with Gasteiger partial charge in [0.15, 0.2) is 11.6 Å². The number of ether oxygens (including phenoxy) is 1. The Balaban J connectivity index is 2.11. The number of nitrogens with zero attached hydrogens (tertiary/aromatic N) is 1. The van der Waals surface area contributed by atoms with Crippen molar-refractivity contribution in [3.05, 3.63) is 29.6 Å². The molecule has 0 amide bonds. The molecule has 1 unspecified atom stereocenters. The molecule has 1 aliphatic heterocycles. The summed E-state index contributed by atoms with van der Waals surface area (Å²) in [6.07, 6.45) is 3.28. The van der Waals surface area contributed by atoms with Gasteiger partial charge in [0.05, 0.1) is 13.2 Å². The van der Waals surface area contributed by atoms with Crippen molar-refractivity contribution in [2.45, 2.75) is 51.2 Å². The maximum Gasteiger partial charge on any atom is 0.168 e. The molecule has 21 heavy (non-hydrogen) atoms. The molecule has 1 N–H and O–H groups in total. The van der Waals surface area contributed by atoms with E-state index in [0.717, 1.165) is 13.1 Å². The second kappa shape index (κ2) is 6.75. The third-order valence-electron chi connectivity index (χ3n) is 4.66. The first-order valence-corrected chi connectivity index (χ1v) is 7.71. The number of likely N-dealkylation sites (tertiary alicyclic amines) is 1. The van der Waals surface area contributed by atoms with E-state index in [9.17, 15) is 9.50 Å². The summed E-state index contributed by atoms with van der Waals surface area (Å²) in [6.45, 7) is 6.09. The van der Waals surface area contributed by atoms with Crippen LogP contribution in [-0.4, -0.2) is 41.8 Å². The minimum absolute atomic E-state index is 0.232. The molecule has 0 aliphatic carbocycles. The van der Waals surface area contributed by atoms with E-state index in [1.165, 1.54) is 26.4 Å². The average molecular weight is 295 g/mol. The van der Waals surface area contributed by atoms with Crippen molar-refractivity contribution < 1.29 is 14.2 Å². The number of rotatable bonds is 5. The minimum Gasteiger partial charge on any atom is -0.494 e. The average Bonchev–Trinajstić information content (AvgIpc) is 2.50. The van der Waals surface area contributed by atoms with Crippen molar-refractivity contribution in [1.29, 1.82) is 0 Å². The lowest BCUT2D eigenvalue weighted by atomic mass is 9.88. The van der Waals surface area contributed by atoms with E-state index in [-0.39, 0.29) is 17.1 Å². The van der Waals surface area contributed by atoms with Gasteiger partial charge in [0, 0.05) is 12.0 Å². The van der Waals surface area contributed by atoms with Crippen molar-refractivity contribution in [3.8, 4) is 5.75 Å². The molecule has 1 fully saturated rings. The molecular formula is C17H26FNO2. The molecule has 1 aromatic carbocycles. The summed E-state index contributed by atoms with van der Waals surface area (Å²) in [7, 11) is 1.45. The van der Waals surface area contributed by atoms with Crippen LogP contribution in [0.2, 0.25) is 0 Å². The SMILES string of the molecule is COc1cccc(CC(O)C(C)(C)N2CCCCC2)c1F. The fourth-order valence-corrected chi connectivity index (χ4v) is 3.01. The highest BCUT2D eigenvalue weighted by atomic mass is 19.1. The van der Waals surface area contributed by atoms with E-state index in [2.05, 4.69) is 4.90 Å². The number of hydrogen-bond donors (Lipinski definition) is 1. The topological polar surface area (TPSA) is 32.7 Å². The molecule has 0 radical (unpaired) electrons. The predicted molar refractivity (Wildman–Crippen MR) is 82.2 cm³/mol. The monoisotopic (exact) mass is 295 g/mol. The Kier molecular flexibility index (Phi) is 5.22. The number of hydrogen-bond acceptors (Lipinski definition) is 3. The zero-order valence-electron chi connectivity index (χ0n) is 13.2. The fourth-order valence-electron chi connectivity index (χ4n) is 3.01. The van der Waals surface area contributed by atoms with Gasteiger partial charge in [-0.1, -0.05) is 18.6 Å². The largest absolute Gasteiger partial charge is 0.494 e. The third kappa shape index (κ3) is 3.55. The summed E-state index contributed by atoms with van der Waals surface area (Å²) in [5.41, 5.74) is 0.155. The molecule has 118 valence electrons. The van der Waals surface area contributed by atoms with Crippen LogP contribution in [0.4, 0.5) is 4.39 Å². The zero-order chi connectivity index (χ0) is 15.5. The first-order chi connectivity index (χ1) is 9.96. The number of piperidine rings is 1. The van der Waals surface area contributed by atoms with Gasteiger partial charge in [-0.2, -0.15) is 0 Å². The summed E-state index contributed by atoms with van der Waals surface area (Å²) in [4.78, 5) is 2.32. The molecule has 1 atom stereocenters. The van der Waals surface area contributed by atoms with Crippen LogP contribution >= 0.6 is 0 Å². The second-order valence-electron chi connectivity index (χ2n) is 6.35. The smallest absolute Gasteiger partial charge is 0.168 e. The Morgan fingerprint density at radius 2 is 1.95 bits per heavy atom. The molecule has 0 saturated carbocycles. The molecule has 1 aliphatic rings. The van der Waals surface area contributed by atoms with Crippen LogP contribution in [0.1, 0.15) is 38.7 Å². The highest BCUT2D eigenvalue weighted by Gasteiger charge is 2.35. The molecule has 1 aromatic rings. The quantitative estimate of drug-likeness (QED) is 0.906. The summed E-state index contributed by atoms with van der Waals surface area (Å²) < 4.78 is 19.2. The number of aliphatic hydroxyl groups is 1. The van der Waals surface area contributed by atoms with Gasteiger partial charge in [0.2, 0.25) is 0 Å². The number of benzene rings is 1. The summed E-state index contributed by atoms with van der Waals surface area (Å²) in [5, 5.41) is 10.6. The van der Waals surface area contributed by atoms with E-state index < -0.39 is 6.10 Å². The third-order valence-corrected chi connectivity index (χ3v) is 4.66. The van der Waals surface area contributed by atoms with Gasteiger partial charge in [-0.15, -0.1) is 0 Å². The first kappa shape index (κ1) is 16.2. The van der Waals surface area contributed by atoms with Crippen LogP contribution in [0.15, 0.2) is 18.2 Å². The van der Waals surface area contributed by atoms with E-state index in [1.54, 1.807) is 18.2 Å². The molecule has 0 aromatic heterocycles. The Labute approximate surface area is 126 Å². The van der Waals surface area contributed by atoms with Crippen molar-refractivity contribution in [3.63, 3.8) is 0 Å². The molecule has 1 saturated heterocycles. The Bertz CT molecular complexity index is 470. The van der Waals surface area contributed by atoms with Crippen LogP contribution in [0.5, 0.6) is 5.75 Å². The lowest BCUT2D eigenvalue weighted by Crippen LogP contribution is -2.54. The van der Waals surface area contributed by atoms with Gasteiger partial charge >= 0.3 is 0 Å². The summed E-state index contributed by atoms with van der Waals surface area (Å²) in [5.74, 6) is -0.135. The second-order valence-corrected chi connectivity index (χ2v) is 6.35. The van der Waals surface area contributed by atoms with E-state index in [4.69, 9.17) is 4.74 Å². The number of aliphatic hydroxyl groups excluding tert-OH is 1. The fraction of sp³-hybridized carbons (Fsp3) is 0.647. The van der Waals surface area contributed by atoms with E-state index >= 15 is 0 Å². The van der Waals surface area contributed by atoms with Gasteiger partial charge in [0.1, 0.15) is 0 Å². The Morgan fingerprint density at radius 1 is 1.29 bits per heavy atom. The Hall–Kier alpha value is -1.13. The lowest BCUT2D eigenvalue weighted by Gasteiger charge is -2.44. The standard InChI is InChI=1S/C17H26FNO2/c1-17(2,19-10-5-4-6-11-19)15(20)12-13-8-7-9-14(21-3)16(13)18/h7-9,15,20H,4-6,10-12H2,1-3H3. The van der Waals surface area contributed by atoms with Crippen LogP contribution in [0.25, 0.3) is 0 Å². The molecule has 0 spiro atoms. The maximum atomic E-state index is 14.2. The van der Waals surface area contributed by atoms with E-state index in [1.807, 2.05) is 13.8 Å². The minimum atomic E-state index is -0.614. The van der Waals surface area contributed by atoms with Gasteiger partial charge < -0.3 is 9.84 Å². The zero-order valence-corrected chi connectivity index (χ0v) is 13.2. The molecule has 1 heterocycles. The summed E-state index contributed by atoms with van der Waals surface area (Å²) in [6, 6.07) is 5.08. The van der Waals surface area contributed by atoms with Crippen LogP contribution in [0, 0.1) is 5.82 Å². The summed E-state index contributed by atoms with van der Waals surface area (Å²) >= 11 is 0. The number of methoxy groups -OCH3 is 1. The first-order valence-electron chi connectivity index (χ1n) is 7.71. The molecule has 0 bridgehead atoms. The van der Waals surface area contributed by atoms with Crippen LogP contribution in [0.3, 0.4) is 0 Å². The predicted octanol–water partition coefficient (Wildman–Crippen LogP) is 3.00. The molecule has 2 rings (SSSR count). The van der Waals surface area contributed by atoms with Crippen molar-refractivity contribution >= 4 is 0 Å². The van der Waals surface area contributed by atoms with Gasteiger partial charge in [0.25, 0.3) is 0 Å². The van der Waals surface area contributed by atoms with Crippen LogP contribution in [-0.2, 0) is 6.42 Å². The molecule has 4 heteroatoms.